The molecule has 0 amide bonds. The third kappa shape index (κ3) is 4.41. The first-order valence-corrected chi connectivity index (χ1v) is 8.03. The quantitative estimate of drug-likeness (QED) is 0.553. The van der Waals surface area contributed by atoms with E-state index in [2.05, 4.69) is 25.7 Å². The van der Waals surface area contributed by atoms with Gasteiger partial charge in [0.15, 0.2) is 5.60 Å². The molecule has 0 unspecified atom stereocenters. The fourth-order valence-electron chi connectivity index (χ4n) is 2.63. The van der Waals surface area contributed by atoms with Gasteiger partial charge in [0.25, 0.3) is 0 Å². The lowest BCUT2D eigenvalue weighted by Gasteiger charge is -2.49. The highest BCUT2D eigenvalue weighted by molar-refractivity contribution is 5.70. The Morgan fingerprint density at radius 3 is 2.33 bits per heavy atom. The highest BCUT2D eigenvalue weighted by Crippen LogP contribution is 2.40. The Labute approximate surface area is 127 Å². The van der Waals surface area contributed by atoms with Crippen LogP contribution in [0.3, 0.4) is 0 Å². The molecule has 0 aromatic heterocycles. The molecule has 122 valence electrons. The van der Waals surface area contributed by atoms with Gasteiger partial charge < -0.3 is 14.2 Å². The van der Waals surface area contributed by atoms with Crippen LogP contribution in [0.2, 0.25) is 0 Å². The molecule has 2 aliphatic heterocycles. The van der Waals surface area contributed by atoms with Crippen LogP contribution in [-0.4, -0.2) is 62.5 Å². The van der Waals surface area contributed by atoms with E-state index in [1.807, 2.05) is 0 Å². The molecule has 5 heteroatoms. The zero-order chi connectivity index (χ0) is 15.3. The van der Waals surface area contributed by atoms with Gasteiger partial charge in [-0.3, -0.25) is 9.69 Å². The molecule has 2 saturated heterocycles. The average Bonchev–Trinajstić information content (AvgIpc) is 2.39. The summed E-state index contributed by atoms with van der Waals surface area (Å²) in [6.45, 7) is 12.1. The lowest BCUT2D eigenvalue weighted by Crippen LogP contribution is -2.61. The minimum atomic E-state index is -0.422. The summed E-state index contributed by atoms with van der Waals surface area (Å²) in [6.07, 6.45) is 2.42. The topological polar surface area (TPSA) is 48.0 Å². The molecular weight excluding hydrogens is 270 g/mol. The Morgan fingerprint density at radius 1 is 1.14 bits per heavy atom. The van der Waals surface area contributed by atoms with Crippen molar-refractivity contribution in [3.05, 3.63) is 0 Å². The number of carbonyl (C=O) groups is 1. The van der Waals surface area contributed by atoms with Gasteiger partial charge in [0, 0.05) is 24.9 Å². The molecule has 2 rings (SSSR count). The van der Waals surface area contributed by atoms with Crippen LogP contribution in [0.15, 0.2) is 0 Å². The zero-order valence-electron chi connectivity index (χ0n) is 13.7. The van der Waals surface area contributed by atoms with E-state index in [0.29, 0.717) is 19.6 Å². The minimum Gasteiger partial charge on any atom is -0.454 e. The van der Waals surface area contributed by atoms with Crippen molar-refractivity contribution < 1.29 is 19.0 Å². The summed E-state index contributed by atoms with van der Waals surface area (Å²) in [5.41, 5.74) is -0.497. The molecule has 2 heterocycles. The number of morpholine rings is 1. The largest absolute Gasteiger partial charge is 0.454 e. The van der Waals surface area contributed by atoms with Crippen molar-refractivity contribution in [3.63, 3.8) is 0 Å². The number of hydrogen-bond donors (Lipinski definition) is 0. The molecule has 0 aromatic rings. The molecule has 2 aliphatic rings. The Morgan fingerprint density at radius 2 is 1.81 bits per heavy atom. The monoisotopic (exact) mass is 299 g/mol. The number of nitrogens with zero attached hydrogens (tertiary/aromatic N) is 1. The van der Waals surface area contributed by atoms with E-state index >= 15 is 0 Å². The van der Waals surface area contributed by atoms with Crippen molar-refractivity contribution >= 4 is 5.97 Å². The first kappa shape index (κ1) is 16.7. The molecule has 0 saturated carbocycles. The van der Waals surface area contributed by atoms with Crippen LogP contribution >= 0.6 is 0 Å². The molecule has 0 radical (unpaired) electrons. The second-order valence-electron chi connectivity index (χ2n) is 7.12. The lowest BCUT2D eigenvalue weighted by molar-refractivity contribution is -0.248. The van der Waals surface area contributed by atoms with Gasteiger partial charge in [-0.25, -0.2) is 0 Å². The van der Waals surface area contributed by atoms with E-state index in [-0.39, 0.29) is 11.4 Å². The highest BCUT2D eigenvalue weighted by atomic mass is 16.6. The van der Waals surface area contributed by atoms with Crippen LogP contribution in [0.4, 0.5) is 0 Å². The summed E-state index contributed by atoms with van der Waals surface area (Å²) in [5, 5.41) is 0. The smallest absolute Gasteiger partial charge is 0.306 e. The Bertz CT molecular complexity index is 341. The van der Waals surface area contributed by atoms with Crippen molar-refractivity contribution in [1.29, 1.82) is 0 Å². The number of esters is 1. The van der Waals surface area contributed by atoms with Crippen molar-refractivity contribution in [3.8, 4) is 0 Å². The predicted octanol–water partition coefficient (Wildman–Crippen LogP) is 1.85. The van der Waals surface area contributed by atoms with Crippen LogP contribution in [0.1, 0.15) is 40.0 Å². The standard InChI is InChI=1S/C16H29NO4/c1-15(2,3)16(12-20-13-16)21-14(18)6-4-5-7-17-8-10-19-11-9-17/h4-13H2,1-3H3. The van der Waals surface area contributed by atoms with Gasteiger partial charge >= 0.3 is 5.97 Å². The SMILES string of the molecule is CC(C)(C)C1(OC(=O)CCCCN2CCOCC2)COC1. The number of unbranched alkanes of at least 4 members (excludes halogenated alkanes) is 1. The Hall–Kier alpha value is -0.650. The fourth-order valence-corrected chi connectivity index (χ4v) is 2.63. The van der Waals surface area contributed by atoms with Crippen LogP contribution < -0.4 is 0 Å². The van der Waals surface area contributed by atoms with E-state index < -0.39 is 5.60 Å². The van der Waals surface area contributed by atoms with Gasteiger partial charge in [-0.1, -0.05) is 20.8 Å². The number of rotatable bonds is 6. The van der Waals surface area contributed by atoms with Gasteiger partial charge in [-0.05, 0) is 19.4 Å². The van der Waals surface area contributed by atoms with Gasteiger partial charge in [-0.15, -0.1) is 0 Å². The summed E-state index contributed by atoms with van der Waals surface area (Å²) in [5.74, 6) is -0.0878. The second-order valence-corrected chi connectivity index (χ2v) is 7.12. The summed E-state index contributed by atoms with van der Waals surface area (Å²) < 4.78 is 16.3. The van der Waals surface area contributed by atoms with E-state index in [1.165, 1.54) is 0 Å². The normalized spacial score (nSPS) is 22.6. The van der Waals surface area contributed by atoms with Crippen LogP contribution in [-0.2, 0) is 19.0 Å². The van der Waals surface area contributed by atoms with Crippen molar-refractivity contribution in [2.75, 3.05) is 46.1 Å². The first-order chi connectivity index (χ1) is 9.93. The molecule has 2 fully saturated rings. The minimum absolute atomic E-state index is 0.0747. The van der Waals surface area contributed by atoms with E-state index in [9.17, 15) is 4.79 Å². The average molecular weight is 299 g/mol. The van der Waals surface area contributed by atoms with Gasteiger partial charge in [0.05, 0.1) is 26.4 Å². The fraction of sp³-hybridized carbons (Fsp3) is 0.938. The van der Waals surface area contributed by atoms with E-state index in [0.717, 1.165) is 45.7 Å². The summed E-state index contributed by atoms with van der Waals surface area (Å²) >= 11 is 0. The second kappa shape index (κ2) is 7.07. The van der Waals surface area contributed by atoms with Gasteiger partial charge in [0.2, 0.25) is 0 Å². The molecule has 0 spiro atoms. The number of ether oxygens (including phenoxy) is 3. The predicted molar refractivity (Wildman–Crippen MR) is 80.2 cm³/mol. The van der Waals surface area contributed by atoms with Crippen molar-refractivity contribution in [2.24, 2.45) is 5.41 Å². The van der Waals surface area contributed by atoms with Gasteiger partial charge in [-0.2, -0.15) is 0 Å². The molecule has 0 aromatic carbocycles. The van der Waals surface area contributed by atoms with E-state index in [4.69, 9.17) is 14.2 Å². The molecule has 5 nitrogen and oxygen atoms in total. The molecule has 0 aliphatic carbocycles. The highest BCUT2D eigenvalue weighted by Gasteiger charge is 2.51. The van der Waals surface area contributed by atoms with Gasteiger partial charge in [0.1, 0.15) is 0 Å². The van der Waals surface area contributed by atoms with Crippen LogP contribution in [0, 0.1) is 5.41 Å². The maximum atomic E-state index is 12.0. The molecular formula is C16H29NO4. The van der Waals surface area contributed by atoms with Crippen molar-refractivity contribution in [2.45, 2.75) is 45.6 Å². The Kier molecular flexibility index (Phi) is 5.63. The first-order valence-electron chi connectivity index (χ1n) is 8.03. The Balaban J connectivity index is 1.63. The molecule has 21 heavy (non-hydrogen) atoms. The molecule has 0 bridgehead atoms. The van der Waals surface area contributed by atoms with E-state index in [1.54, 1.807) is 0 Å². The number of carbonyl (C=O) groups excluding carboxylic acids is 1. The maximum absolute atomic E-state index is 12.0. The summed E-state index contributed by atoms with van der Waals surface area (Å²) in [4.78, 5) is 14.4. The van der Waals surface area contributed by atoms with Crippen LogP contribution in [0.25, 0.3) is 0 Å². The molecule has 0 atom stereocenters. The van der Waals surface area contributed by atoms with Crippen LogP contribution in [0.5, 0.6) is 0 Å². The lowest BCUT2D eigenvalue weighted by atomic mass is 9.75. The molecule has 0 N–H and O–H groups in total. The summed E-state index contributed by atoms with van der Waals surface area (Å²) in [7, 11) is 0. The van der Waals surface area contributed by atoms with Crippen molar-refractivity contribution in [1.82, 2.24) is 4.90 Å². The maximum Gasteiger partial charge on any atom is 0.306 e. The zero-order valence-corrected chi connectivity index (χ0v) is 13.7. The number of hydrogen-bond acceptors (Lipinski definition) is 5. The summed E-state index contributed by atoms with van der Waals surface area (Å²) in [6, 6.07) is 0. The third-order valence-electron chi connectivity index (χ3n) is 4.56. The third-order valence-corrected chi connectivity index (χ3v) is 4.56.